The molecule has 0 amide bonds. The van der Waals surface area contributed by atoms with Crippen molar-refractivity contribution in [3.05, 3.63) is 52.9 Å². The highest BCUT2D eigenvalue weighted by Crippen LogP contribution is 2.30. The van der Waals surface area contributed by atoms with Crippen LogP contribution in [0.3, 0.4) is 0 Å². The Morgan fingerprint density at radius 3 is 2.50 bits per heavy atom. The molecule has 1 heterocycles. The molecule has 3 rings (SSSR count). The summed E-state index contributed by atoms with van der Waals surface area (Å²) in [6.07, 6.45) is 1.23. The molecule has 0 atom stereocenters. The fourth-order valence-corrected chi connectivity index (χ4v) is 2.29. The summed E-state index contributed by atoms with van der Waals surface area (Å²) in [7, 11) is 0. The summed E-state index contributed by atoms with van der Waals surface area (Å²) >= 11 is 0. The van der Waals surface area contributed by atoms with Crippen LogP contribution in [-0.4, -0.2) is 27.9 Å². The molecular weight excluding hydrogens is 316 g/mol. The van der Waals surface area contributed by atoms with Gasteiger partial charge in [-0.3, -0.25) is 4.79 Å². The van der Waals surface area contributed by atoms with Crippen molar-refractivity contribution < 1.29 is 29.3 Å². The van der Waals surface area contributed by atoms with E-state index in [1.54, 1.807) is 12.1 Å². The van der Waals surface area contributed by atoms with E-state index in [2.05, 4.69) is 0 Å². The van der Waals surface area contributed by atoms with E-state index in [1.165, 1.54) is 24.5 Å². The number of fused-ring (bicyclic) bond motifs is 1. The van der Waals surface area contributed by atoms with E-state index in [1.807, 2.05) is 0 Å². The minimum atomic E-state index is -1.09. The number of benzene rings is 2. The summed E-state index contributed by atoms with van der Waals surface area (Å²) < 4.78 is 10.3. The van der Waals surface area contributed by atoms with Crippen LogP contribution in [0.1, 0.15) is 0 Å². The van der Waals surface area contributed by atoms with Gasteiger partial charge in [0.15, 0.2) is 6.61 Å². The van der Waals surface area contributed by atoms with Gasteiger partial charge in [0.05, 0.1) is 5.56 Å². The predicted molar refractivity (Wildman–Crippen MR) is 84.4 cm³/mol. The van der Waals surface area contributed by atoms with Gasteiger partial charge in [-0.05, 0) is 17.7 Å². The van der Waals surface area contributed by atoms with Gasteiger partial charge in [-0.2, -0.15) is 0 Å². The van der Waals surface area contributed by atoms with Crippen molar-refractivity contribution in [3.63, 3.8) is 0 Å². The molecule has 0 radical (unpaired) electrons. The van der Waals surface area contributed by atoms with E-state index in [4.69, 9.17) is 14.3 Å². The summed E-state index contributed by atoms with van der Waals surface area (Å²) in [5.41, 5.74) is 0.352. The maximum atomic E-state index is 12.6. The first-order valence-electron chi connectivity index (χ1n) is 6.88. The van der Waals surface area contributed by atoms with Gasteiger partial charge in [0.2, 0.25) is 5.43 Å². The van der Waals surface area contributed by atoms with Crippen molar-refractivity contribution in [2.45, 2.75) is 0 Å². The third-order valence-corrected chi connectivity index (χ3v) is 3.37. The van der Waals surface area contributed by atoms with Crippen LogP contribution in [-0.2, 0) is 4.79 Å². The Hall–Kier alpha value is -3.48. The molecule has 0 bridgehead atoms. The van der Waals surface area contributed by atoms with Crippen molar-refractivity contribution in [2.75, 3.05) is 6.61 Å². The van der Waals surface area contributed by atoms with Gasteiger partial charge in [-0.25, -0.2) is 4.79 Å². The van der Waals surface area contributed by atoms with Gasteiger partial charge in [0.25, 0.3) is 0 Å². The Labute approximate surface area is 135 Å². The molecule has 0 saturated heterocycles. The van der Waals surface area contributed by atoms with Gasteiger partial charge >= 0.3 is 5.97 Å². The molecule has 0 aliphatic carbocycles. The number of ether oxygens (including phenoxy) is 1. The first-order chi connectivity index (χ1) is 11.5. The van der Waals surface area contributed by atoms with E-state index in [0.29, 0.717) is 11.3 Å². The number of hydrogen-bond donors (Lipinski definition) is 3. The monoisotopic (exact) mass is 328 g/mol. The molecule has 122 valence electrons. The fourth-order valence-electron chi connectivity index (χ4n) is 2.29. The Morgan fingerprint density at radius 1 is 1.12 bits per heavy atom. The molecule has 1 aromatic heterocycles. The molecule has 0 aliphatic heterocycles. The number of carboxylic acid groups (broad SMARTS) is 1. The SMILES string of the molecule is O=C(O)COc1ccc(-c2coc3cc(O)cc(O)c3c2=O)cc1. The van der Waals surface area contributed by atoms with Crippen LogP contribution in [0, 0.1) is 0 Å². The van der Waals surface area contributed by atoms with E-state index >= 15 is 0 Å². The van der Waals surface area contributed by atoms with Crippen LogP contribution < -0.4 is 10.2 Å². The number of aromatic hydroxyl groups is 2. The second-order valence-electron chi connectivity index (χ2n) is 5.02. The lowest BCUT2D eigenvalue weighted by molar-refractivity contribution is -0.139. The molecular formula is C17H12O7. The van der Waals surface area contributed by atoms with Crippen molar-refractivity contribution in [2.24, 2.45) is 0 Å². The fraction of sp³-hybridized carbons (Fsp3) is 0.0588. The van der Waals surface area contributed by atoms with E-state index in [9.17, 15) is 19.8 Å². The second-order valence-corrected chi connectivity index (χ2v) is 5.02. The molecule has 3 N–H and O–H groups in total. The van der Waals surface area contributed by atoms with Gasteiger partial charge in [0, 0.05) is 12.1 Å². The number of hydrogen-bond acceptors (Lipinski definition) is 6. The third kappa shape index (κ3) is 2.87. The zero-order valence-corrected chi connectivity index (χ0v) is 12.2. The zero-order valence-electron chi connectivity index (χ0n) is 12.2. The second kappa shape index (κ2) is 5.96. The number of rotatable bonds is 4. The van der Waals surface area contributed by atoms with Crippen molar-refractivity contribution in [3.8, 4) is 28.4 Å². The smallest absolute Gasteiger partial charge is 0.341 e. The number of aliphatic carboxylic acids is 1. The lowest BCUT2D eigenvalue weighted by Gasteiger charge is -2.06. The third-order valence-electron chi connectivity index (χ3n) is 3.37. The number of phenols is 2. The maximum Gasteiger partial charge on any atom is 0.341 e. The number of phenolic OH excluding ortho intramolecular Hbond substituents is 2. The topological polar surface area (TPSA) is 117 Å². The summed E-state index contributed by atoms with van der Waals surface area (Å²) in [4.78, 5) is 23.0. The summed E-state index contributed by atoms with van der Waals surface area (Å²) in [5.74, 6) is -1.33. The van der Waals surface area contributed by atoms with E-state index in [-0.39, 0.29) is 28.0 Å². The first-order valence-corrected chi connectivity index (χ1v) is 6.88. The Kier molecular flexibility index (Phi) is 3.83. The summed E-state index contributed by atoms with van der Waals surface area (Å²) in [5, 5.41) is 27.8. The Balaban J connectivity index is 2.02. The van der Waals surface area contributed by atoms with Gasteiger partial charge < -0.3 is 24.5 Å². The highest BCUT2D eigenvalue weighted by atomic mass is 16.5. The largest absolute Gasteiger partial charge is 0.508 e. The average molecular weight is 328 g/mol. The van der Waals surface area contributed by atoms with Crippen molar-refractivity contribution >= 4 is 16.9 Å². The highest BCUT2D eigenvalue weighted by Gasteiger charge is 2.14. The van der Waals surface area contributed by atoms with Gasteiger partial charge in [0.1, 0.15) is 34.5 Å². The predicted octanol–water partition coefficient (Wildman–Crippen LogP) is 2.33. The number of carboxylic acids is 1. The minimum absolute atomic E-state index is 0.0310. The Bertz CT molecular complexity index is 971. The molecule has 0 saturated carbocycles. The lowest BCUT2D eigenvalue weighted by Crippen LogP contribution is -2.09. The average Bonchev–Trinajstić information content (AvgIpc) is 2.53. The van der Waals surface area contributed by atoms with E-state index in [0.717, 1.165) is 6.07 Å². The molecule has 3 aromatic rings. The molecule has 7 nitrogen and oxygen atoms in total. The lowest BCUT2D eigenvalue weighted by atomic mass is 10.0. The molecule has 2 aromatic carbocycles. The van der Waals surface area contributed by atoms with Crippen LogP contribution in [0.15, 0.2) is 51.9 Å². The van der Waals surface area contributed by atoms with Crippen molar-refractivity contribution in [1.82, 2.24) is 0 Å². The molecule has 0 spiro atoms. The van der Waals surface area contributed by atoms with Crippen LogP contribution in [0.4, 0.5) is 0 Å². The number of carbonyl (C=O) groups is 1. The molecule has 24 heavy (non-hydrogen) atoms. The van der Waals surface area contributed by atoms with Gasteiger partial charge in [-0.15, -0.1) is 0 Å². The molecule has 0 unspecified atom stereocenters. The van der Waals surface area contributed by atoms with Gasteiger partial charge in [-0.1, -0.05) is 12.1 Å². The maximum absolute atomic E-state index is 12.6. The van der Waals surface area contributed by atoms with E-state index < -0.39 is 18.0 Å². The zero-order chi connectivity index (χ0) is 17.3. The standard InChI is InChI=1S/C17H12O7/c18-10-5-13(19)16-14(6-10)24-7-12(17(16)22)9-1-3-11(4-2-9)23-8-15(20)21/h1-7,18-19H,8H2,(H,20,21). The highest BCUT2D eigenvalue weighted by molar-refractivity contribution is 5.88. The minimum Gasteiger partial charge on any atom is -0.508 e. The van der Waals surface area contributed by atoms with Crippen molar-refractivity contribution in [1.29, 1.82) is 0 Å². The molecule has 0 fully saturated rings. The summed E-state index contributed by atoms with van der Waals surface area (Å²) in [6, 6.07) is 8.51. The normalized spacial score (nSPS) is 10.7. The molecule has 0 aliphatic rings. The van der Waals surface area contributed by atoms with Crippen LogP contribution >= 0.6 is 0 Å². The quantitative estimate of drug-likeness (QED) is 0.673. The first kappa shape index (κ1) is 15.4. The molecule has 7 heteroatoms. The Morgan fingerprint density at radius 2 is 1.83 bits per heavy atom. The summed E-state index contributed by atoms with van der Waals surface area (Å²) in [6.45, 7) is -0.463. The van der Waals surface area contributed by atoms with Crippen LogP contribution in [0.2, 0.25) is 0 Å². The van der Waals surface area contributed by atoms with Crippen LogP contribution in [0.25, 0.3) is 22.1 Å². The van der Waals surface area contributed by atoms with Crippen LogP contribution in [0.5, 0.6) is 17.2 Å².